The smallest absolute Gasteiger partial charge is 0.247 e. The largest absolute Gasteiger partial charge is 0.366 e. The van der Waals surface area contributed by atoms with Gasteiger partial charge in [-0.05, 0) is 49.4 Å². The Bertz CT molecular complexity index is 872. The zero-order valence-corrected chi connectivity index (χ0v) is 18.5. The van der Waals surface area contributed by atoms with Crippen LogP contribution in [0.4, 0.5) is 11.4 Å². The maximum absolute atomic E-state index is 12.8. The van der Waals surface area contributed by atoms with Crippen LogP contribution in [0.1, 0.15) is 45.1 Å². The van der Waals surface area contributed by atoms with E-state index in [-0.39, 0.29) is 11.8 Å². The van der Waals surface area contributed by atoms with E-state index < -0.39 is 6.04 Å². The van der Waals surface area contributed by atoms with Crippen LogP contribution in [-0.2, 0) is 16.1 Å². The molecule has 1 heterocycles. The van der Waals surface area contributed by atoms with Crippen molar-refractivity contribution >= 4 is 34.8 Å². The van der Waals surface area contributed by atoms with Crippen molar-refractivity contribution in [1.29, 1.82) is 0 Å². The summed E-state index contributed by atoms with van der Waals surface area (Å²) in [4.78, 5) is 28.6. The summed E-state index contributed by atoms with van der Waals surface area (Å²) in [6, 6.07) is 15.5. The highest BCUT2D eigenvalue weighted by molar-refractivity contribution is 6.33. The second-order valence-electron chi connectivity index (χ2n) is 7.79. The predicted octanol–water partition coefficient (Wildman–Crippen LogP) is 5.10. The number of halogens is 1. The highest BCUT2D eigenvalue weighted by atomic mass is 35.5. The number of piperidine rings is 1. The maximum atomic E-state index is 12.8. The summed E-state index contributed by atoms with van der Waals surface area (Å²) in [6.07, 6.45) is 3.59. The summed E-state index contributed by atoms with van der Waals surface area (Å²) in [7, 11) is 0. The van der Waals surface area contributed by atoms with Gasteiger partial charge >= 0.3 is 0 Å². The number of carbonyl (C=O) groups excluding carboxylic acids is 2. The summed E-state index contributed by atoms with van der Waals surface area (Å²) < 4.78 is 0. The maximum Gasteiger partial charge on any atom is 0.247 e. The first kappa shape index (κ1) is 22.2. The highest BCUT2D eigenvalue weighted by Crippen LogP contribution is 2.31. The molecule has 5 nitrogen and oxygen atoms in total. The third-order valence-electron chi connectivity index (χ3n) is 5.48. The average Bonchev–Trinajstić information content (AvgIpc) is 2.74. The molecule has 6 heteroatoms. The SMILES string of the molecule is CCCN(Cc1ccccc1)c1ccc(NC(=O)[C@H]2CCCCN2C(C)=O)cc1Cl. The molecule has 2 amide bonds. The van der Waals surface area contributed by atoms with E-state index in [0.717, 1.165) is 38.0 Å². The van der Waals surface area contributed by atoms with Gasteiger partial charge in [0.15, 0.2) is 0 Å². The third kappa shape index (κ3) is 5.54. The topological polar surface area (TPSA) is 52.7 Å². The lowest BCUT2D eigenvalue weighted by Crippen LogP contribution is -2.49. The van der Waals surface area contributed by atoms with E-state index in [2.05, 4.69) is 29.3 Å². The van der Waals surface area contributed by atoms with Crippen molar-refractivity contribution in [3.05, 3.63) is 59.1 Å². The van der Waals surface area contributed by atoms with Gasteiger partial charge in [0.1, 0.15) is 6.04 Å². The van der Waals surface area contributed by atoms with Gasteiger partial charge < -0.3 is 15.1 Å². The van der Waals surface area contributed by atoms with Crippen molar-refractivity contribution in [1.82, 2.24) is 4.90 Å². The number of hydrogen-bond acceptors (Lipinski definition) is 3. The Morgan fingerprint density at radius 2 is 1.93 bits per heavy atom. The van der Waals surface area contributed by atoms with E-state index in [1.807, 2.05) is 30.3 Å². The predicted molar refractivity (Wildman–Crippen MR) is 123 cm³/mol. The van der Waals surface area contributed by atoms with E-state index >= 15 is 0 Å². The molecule has 2 aromatic carbocycles. The normalized spacial score (nSPS) is 16.2. The Morgan fingerprint density at radius 1 is 1.17 bits per heavy atom. The van der Waals surface area contributed by atoms with Crippen LogP contribution in [0.25, 0.3) is 0 Å². The zero-order chi connectivity index (χ0) is 21.5. The number of nitrogens with zero attached hydrogens (tertiary/aromatic N) is 2. The molecule has 0 unspecified atom stereocenters. The van der Waals surface area contributed by atoms with Crippen LogP contribution in [0.2, 0.25) is 5.02 Å². The van der Waals surface area contributed by atoms with E-state index in [4.69, 9.17) is 11.6 Å². The second kappa shape index (κ2) is 10.5. The van der Waals surface area contributed by atoms with Gasteiger partial charge in [-0.1, -0.05) is 48.9 Å². The number of likely N-dealkylation sites (tertiary alicyclic amines) is 1. The van der Waals surface area contributed by atoms with Gasteiger partial charge in [0.2, 0.25) is 11.8 Å². The number of nitrogens with one attached hydrogen (secondary N) is 1. The fourth-order valence-corrected chi connectivity index (χ4v) is 4.31. The van der Waals surface area contributed by atoms with Gasteiger partial charge in [0.05, 0.1) is 10.7 Å². The van der Waals surface area contributed by atoms with Gasteiger partial charge in [-0.15, -0.1) is 0 Å². The monoisotopic (exact) mass is 427 g/mol. The molecule has 160 valence electrons. The molecule has 1 atom stereocenters. The summed E-state index contributed by atoms with van der Waals surface area (Å²) in [6.45, 7) is 5.96. The van der Waals surface area contributed by atoms with Crippen molar-refractivity contribution in [2.75, 3.05) is 23.3 Å². The van der Waals surface area contributed by atoms with Crippen molar-refractivity contribution in [2.45, 2.75) is 52.1 Å². The minimum Gasteiger partial charge on any atom is -0.366 e. The highest BCUT2D eigenvalue weighted by Gasteiger charge is 2.30. The first-order valence-electron chi connectivity index (χ1n) is 10.7. The Hall–Kier alpha value is -2.53. The molecule has 1 saturated heterocycles. The van der Waals surface area contributed by atoms with Gasteiger partial charge in [-0.25, -0.2) is 0 Å². The number of anilines is 2. The Balaban J connectivity index is 1.73. The van der Waals surface area contributed by atoms with Gasteiger partial charge in [0.25, 0.3) is 0 Å². The van der Waals surface area contributed by atoms with Crippen LogP contribution in [0.3, 0.4) is 0 Å². The van der Waals surface area contributed by atoms with E-state index in [1.54, 1.807) is 11.0 Å². The van der Waals surface area contributed by atoms with Crippen LogP contribution < -0.4 is 10.2 Å². The fourth-order valence-electron chi connectivity index (χ4n) is 4.01. The molecule has 0 bridgehead atoms. The van der Waals surface area contributed by atoms with Crippen LogP contribution in [0.5, 0.6) is 0 Å². The lowest BCUT2D eigenvalue weighted by molar-refractivity contribution is -0.138. The zero-order valence-electron chi connectivity index (χ0n) is 17.7. The van der Waals surface area contributed by atoms with Crippen molar-refractivity contribution < 1.29 is 9.59 Å². The molecule has 0 radical (unpaired) electrons. The molecule has 30 heavy (non-hydrogen) atoms. The molecule has 1 aliphatic heterocycles. The second-order valence-corrected chi connectivity index (χ2v) is 8.19. The molecule has 0 aromatic heterocycles. The van der Waals surface area contributed by atoms with E-state index in [0.29, 0.717) is 23.7 Å². The number of carbonyl (C=O) groups is 2. The molecular formula is C24H30ClN3O2. The summed E-state index contributed by atoms with van der Waals surface area (Å²) in [5.74, 6) is -0.206. The molecule has 0 saturated carbocycles. The van der Waals surface area contributed by atoms with Gasteiger partial charge in [0, 0.05) is 32.2 Å². The Morgan fingerprint density at radius 3 is 2.60 bits per heavy atom. The minimum absolute atomic E-state index is 0.0562. The fraction of sp³-hybridized carbons (Fsp3) is 0.417. The van der Waals surface area contributed by atoms with Gasteiger partial charge in [-0.2, -0.15) is 0 Å². The lowest BCUT2D eigenvalue weighted by Gasteiger charge is -2.34. The third-order valence-corrected chi connectivity index (χ3v) is 5.78. The Kier molecular flexibility index (Phi) is 7.75. The molecular weight excluding hydrogens is 398 g/mol. The van der Waals surface area contributed by atoms with Crippen molar-refractivity contribution in [3.8, 4) is 0 Å². The standard InChI is InChI=1S/C24H30ClN3O2/c1-3-14-27(17-19-9-5-4-6-10-19)22-13-12-20(16-21(22)25)26-24(30)23-11-7-8-15-28(23)18(2)29/h4-6,9-10,12-13,16,23H,3,7-8,11,14-15,17H2,1-2H3,(H,26,30)/t23-/m1/s1. The quantitative estimate of drug-likeness (QED) is 0.669. The molecule has 1 fully saturated rings. The molecule has 3 rings (SSSR count). The van der Waals surface area contributed by atoms with Crippen molar-refractivity contribution in [2.24, 2.45) is 0 Å². The van der Waals surface area contributed by atoms with E-state index in [9.17, 15) is 9.59 Å². The first-order chi connectivity index (χ1) is 14.5. The number of benzene rings is 2. The van der Waals surface area contributed by atoms with Crippen LogP contribution in [0, 0.1) is 0 Å². The molecule has 1 aliphatic rings. The number of hydrogen-bond donors (Lipinski definition) is 1. The summed E-state index contributed by atoms with van der Waals surface area (Å²) in [5.41, 5.74) is 2.82. The Labute approximate surface area is 184 Å². The molecule has 1 N–H and O–H groups in total. The number of amides is 2. The van der Waals surface area contributed by atoms with Crippen LogP contribution in [-0.4, -0.2) is 35.8 Å². The minimum atomic E-state index is -0.413. The number of rotatable bonds is 7. The lowest BCUT2D eigenvalue weighted by atomic mass is 10.0. The average molecular weight is 428 g/mol. The first-order valence-corrected chi connectivity index (χ1v) is 11.0. The summed E-state index contributed by atoms with van der Waals surface area (Å²) >= 11 is 6.62. The molecule has 0 spiro atoms. The van der Waals surface area contributed by atoms with Crippen molar-refractivity contribution in [3.63, 3.8) is 0 Å². The molecule has 0 aliphatic carbocycles. The van der Waals surface area contributed by atoms with Crippen LogP contribution >= 0.6 is 11.6 Å². The summed E-state index contributed by atoms with van der Waals surface area (Å²) in [5, 5.41) is 3.55. The van der Waals surface area contributed by atoms with Gasteiger partial charge in [-0.3, -0.25) is 9.59 Å². The van der Waals surface area contributed by atoms with Crippen LogP contribution in [0.15, 0.2) is 48.5 Å². The molecule has 2 aromatic rings. The van der Waals surface area contributed by atoms with E-state index in [1.165, 1.54) is 12.5 Å².